The van der Waals surface area contributed by atoms with Crippen molar-refractivity contribution in [3.05, 3.63) is 34.7 Å². The fourth-order valence-corrected chi connectivity index (χ4v) is 3.86. The zero-order chi connectivity index (χ0) is 18.6. The molecule has 134 valence electrons. The number of nitrogens with zero attached hydrogens (tertiary/aromatic N) is 1. The molecule has 1 amide bonds. The Bertz CT molecular complexity index is 700. The molecular formula is C18H21NO4S2. The van der Waals surface area contributed by atoms with Gasteiger partial charge in [-0.3, -0.25) is 9.69 Å². The zero-order valence-electron chi connectivity index (χ0n) is 14.4. The molecule has 1 aromatic carbocycles. The Morgan fingerprint density at radius 2 is 2.00 bits per heavy atom. The van der Waals surface area contributed by atoms with Gasteiger partial charge in [0, 0.05) is 0 Å². The van der Waals surface area contributed by atoms with Crippen LogP contribution in [0.15, 0.2) is 29.2 Å². The summed E-state index contributed by atoms with van der Waals surface area (Å²) in [5, 5.41) is 9.53. The van der Waals surface area contributed by atoms with E-state index in [0.717, 1.165) is 23.1 Å². The molecule has 1 aliphatic rings. The lowest BCUT2D eigenvalue weighted by Crippen LogP contribution is -2.47. The summed E-state index contributed by atoms with van der Waals surface area (Å²) in [6, 6.07) is 6.41. The molecule has 0 saturated carbocycles. The molecule has 7 heteroatoms. The average molecular weight is 380 g/mol. The first kappa shape index (κ1) is 19.5. The maximum Gasteiger partial charge on any atom is 0.327 e. The molecule has 1 aliphatic heterocycles. The van der Waals surface area contributed by atoms with Crippen LogP contribution in [0.4, 0.5) is 0 Å². The largest absolute Gasteiger partial charge is 0.494 e. The van der Waals surface area contributed by atoms with Gasteiger partial charge in [-0.05, 0) is 36.6 Å². The first-order valence-electron chi connectivity index (χ1n) is 8.11. The second-order valence-electron chi connectivity index (χ2n) is 5.72. The average Bonchev–Trinajstić information content (AvgIpc) is 2.84. The summed E-state index contributed by atoms with van der Waals surface area (Å²) in [5.74, 6) is -0.815. The third kappa shape index (κ3) is 4.41. The van der Waals surface area contributed by atoms with Crippen LogP contribution in [-0.2, 0) is 9.59 Å². The van der Waals surface area contributed by atoms with Gasteiger partial charge in [0.25, 0.3) is 5.91 Å². The van der Waals surface area contributed by atoms with Gasteiger partial charge >= 0.3 is 5.97 Å². The Kier molecular flexibility index (Phi) is 6.61. The monoisotopic (exact) mass is 379 g/mol. The summed E-state index contributed by atoms with van der Waals surface area (Å²) < 4.78 is 5.68. The van der Waals surface area contributed by atoms with Crippen molar-refractivity contribution in [2.45, 2.75) is 33.2 Å². The summed E-state index contributed by atoms with van der Waals surface area (Å²) >= 11 is 6.41. The number of ether oxygens (including phenoxy) is 1. The highest BCUT2D eigenvalue weighted by molar-refractivity contribution is 8.26. The standard InChI is InChI=1S/C18H21NO4S2/c1-4-11(3)15(17(21)22)19-16(20)14(25-18(19)24)10-12-6-8-13(9-7-12)23-5-2/h6-11,15H,4-5H2,1-3H3,(H,21,22)/b14-10-/t11-,15+/m0/s1. The zero-order valence-corrected chi connectivity index (χ0v) is 16.0. The van der Waals surface area contributed by atoms with Crippen molar-refractivity contribution in [1.82, 2.24) is 4.90 Å². The number of thiocarbonyl (C=S) groups is 1. The number of carbonyl (C=O) groups excluding carboxylic acids is 1. The molecule has 0 spiro atoms. The van der Waals surface area contributed by atoms with E-state index in [9.17, 15) is 14.7 Å². The minimum absolute atomic E-state index is 0.190. The Morgan fingerprint density at radius 3 is 2.52 bits per heavy atom. The fourth-order valence-electron chi connectivity index (χ4n) is 2.53. The van der Waals surface area contributed by atoms with Crippen LogP contribution < -0.4 is 4.74 Å². The van der Waals surface area contributed by atoms with Crippen molar-refractivity contribution in [2.24, 2.45) is 5.92 Å². The molecule has 0 unspecified atom stereocenters. The van der Waals surface area contributed by atoms with Crippen molar-refractivity contribution < 1.29 is 19.4 Å². The molecular weight excluding hydrogens is 358 g/mol. The predicted molar refractivity (Wildman–Crippen MR) is 104 cm³/mol. The maximum absolute atomic E-state index is 12.7. The van der Waals surface area contributed by atoms with Gasteiger partial charge in [0.1, 0.15) is 16.1 Å². The second kappa shape index (κ2) is 8.49. The molecule has 1 N–H and O–H groups in total. The van der Waals surface area contributed by atoms with Gasteiger partial charge in [0.15, 0.2) is 0 Å². The Labute approximate surface area is 157 Å². The molecule has 1 saturated heterocycles. The molecule has 0 radical (unpaired) electrons. The third-order valence-corrected chi connectivity index (χ3v) is 5.36. The van der Waals surface area contributed by atoms with E-state index in [-0.39, 0.29) is 16.1 Å². The van der Waals surface area contributed by atoms with E-state index in [1.165, 1.54) is 4.90 Å². The Hall–Kier alpha value is -1.86. The number of carbonyl (C=O) groups is 2. The predicted octanol–water partition coefficient (Wildman–Crippen LogP) is 3.79. The molecule has 5 nitrogen and oxygen atoms in total. The molecule has 2 rings (SSSR count). The number of benzene rings is 1. The van der Waals surface area contributed by atoms with E-state index in [2.05, 4.69) is 0 Å². The van der Waals surface area contributed by atoms with Gasteiger partial charge in [0.2, 0.25) is 0 Å². The van der Waals surface area contributed by atoms with Gasteiger partial charge in [-0.25, -0.2) is 4.79 Å². The molecule has 25 heavy (non-hydrogen) atoms. The van der Waals surface area contributed by atoms with Crippen LogP contribution in [-0.4, -0.2) is 38.9 Å². The van der Waals surface area contributed by atoms with Gasteiger partial charge in [-0.2, -0.15) is 0 Å². The lowest BCUT2D eigenvalue weighted by molar-refractivity contribution is -0.147. The third-order valence-electron chi connectivity index (χ3n) is 4.03. The summed E-state index contributed by atoms with van der Waals surface area (Å²) in [7, 11) is 0. The number of rotatable bonds is 7. The van der Waals surface area contributed by atoms with Gasteiger partial charge < -0.3 is 9.84 Å². The highest BCUT2D eigenvalue weighted by Crippen LogP contribution is 2.36. The van der Waals surface area contributed by atoms with E-state index in [1.807, 2.05) is 45.0 Å². The second-order valence-corrected chi connectivity index (χ2v) is 7.40. The fraction of sp³-hybridized carbons (Fsp3) is 0.389. The van der Waals surface area contributed by atoms with Crippen molar-refractivity contribution in [3.63, 3.8) is 0 Å². The first-order chi connectivity index (χ1) is 11.9. The minimum atomic E-state index is -1.03. The van der Waals surface area contributed by atoms with Gasteiger partial charge in [-0.15, -0.1) is 0 Å². The highest BCUT2D eigenvalue weighted by Gasteiger charge is 2.42. The molecule has 1 aromatic rings. The van der Waals surface area contributed by atoms with Gasteiger partial charge in [0.05, 0.1) is 11.5 Å². The topological polar surface area (TPSA) is 66.8 Å². The highest BCUT2D eigenvalue weighted by atomic mass is 32.2. The SMILES string of the molecule is CCOc1ccc(/C=C2\SC(=S)N([C@@H](C(=O)O)[C@@H](C)CC)C2=O)cc1. The summed E-state index contributed by atoms with van der Waals surface area (Å²) in [6.07, 6.45) is 2.37. The molecule has 0 aromatic heterocycles. The molecule has 1 heterocycles. The normalized spacial score (nSPS) is 18.5. The Morgan fingerprint density at radius 1 is 1.36 bits per heavy atom. The van der Waals surface area contributed by atoms with Crippen LogP contribution in [0.2, 0.25) is 0 Å². The number of hydrogen-bond acceptors (Lipinski definition) is 5. The first-order valence-corrected chi connectivity index (χ1v) is 9.34. The van der Waals surface area contributed by atoms with E-state index in [0.29, 0.717) is 17.9 Å². The molecule has 0 bridgehead atoms. The van der Waals surface area contributed by atoms with Crippen molar-refractivity contribution >= 4 is 46.3 Å². The number of aliphatic carboxylic acids is 1. The van der Waals surface area contributed by atoms with Crippen molar-refractivity contribution in [2.75, 3.05) is 6.61 Å². The van der Waals surface area contributed by atoms with E-state index >= 15 is 0 Å². The number of thioether (sulfide) groups is 1. The summed E-state index contributed by atoms with van der Waals surface area (Å²) in [4.78, 5) is 26.0. The number of carboxylic acids is 1. The number of carboxylic acid groups (broad SMARTS) is 1. The molecule has 2 atom stereocenters. The van der Waals surface area contributed by atoms with Crippen molar-refractivity contribution in [1.29, 1.82) is 0 Å². The Balaban J connectivity index is 2.26. The smallest absolute Gasteiger partial charge is 0.327 e. The van der Waals surface area contributed by atoms with Crippen LogP contribution >= 0.6 is 24.0 Å². The van der Waals surface area contributed by atoms with Crippen LogP contribution in [0.3, 0.4) is 0 Å². The van der Waals surface area contributed by atoms with Crippen LogP contribution in [0.1, 0.15) is 32.8 Å². The van der Waals surface area contributed by atoms with Crippen LogP contribution in [0.25, 0.3) is 6.08 Å². The quantitative estimate of drug-likeness (QED) is 0.574. The minimum Gasteiger partial charge on any atom is -0.494 e. The van der Waals surface area contributed by atoms with E-state index in [4.69, 9.17) is 17.0 Å². The maximum atomic E-state index is 12.7. The summed E-state index contributed by atoms with van der Waals surface area (Å²) in [5.41, 5.74) is 0.833. The molecule has 0 aliphatic carbocycles. The van der Waals surface area contributed by atoms with Gasteiger partial charge in [-0.1, -0.05) is 56.4 Å². The lowest BCUT2D eigenvalue weighted by atomic mass is 9.98. The van der Waals surface area contributed by atoms with E-state index < -0.39 is 12.0 Å². The van der Waals surface area contributed by atoms with Crippen molar-refractivity contribution in [3.8, 4) is 5.75 Å². The summed E-state index contributed by atoms with van der Waals surface area (Å²) in [6.45, 7) is 6.21. The van der Waals surface area contributed by atoms with Crippen LogP contribution in [0.5, 0.6) is 5.75 Å². The lowest BCUT2D eigenvalue weighted by Gasteiger charge is -2.27. The number of amides is 1. The molecule has 1 fully saturated rings. The number of hydrogen-bond donors (Lipinski definition) is 1. The van der Waals surface area contributed by atoms with Crippen LogP contribution in [0, 0.1) is 5.92 Å². The van der Waals surface area contributed by atoms with E-state index in [1.54, 1.807) is 6.08 Å².